The summed E-state index contributed by atoms with van der Waals surface area (Å²) in [6, 6.07) is 8.08. The van der Waals surface area contributed by atoms with Crippen LogP contribution in [0.3, 0.4) is 0 Å². The topological polar surface area (TPSA) is 76.5 Å². The summed E-state index contributed by atoms with van der Waals surface area (Å²) in [5.41, 5.74) is 0.916. The first-order chi connectivity index (χ1) is 9.97. The highest BCUT2D eigenvalue weighted by Gasteiger charge is 2.17. The number of carbonyl (C=O) groups excluding carboxylic acids is 1. The van der Waals surface area contributed by atoms with Crippen LogP contribution in [0.25, 0.3) is 0 Å². The molecule has 21 heavy (non-hydrogen) atoms. The zero-order valence-electron chi connectivity index (χ0n) is 11.2. The predicted molar refractivity (Wildman–Crippen MR) is 77.1 cm³/mol. The van der Waals surface area contributed by atoms with E-state index in [-0.39, 0.29) is 11.4 Å². The summed E-state index contributed by atoms with van der Waals surface area (Å²) < 4.78 is 5.61. The van der Waals surface area contributed by atoms with Gasteiger partial charge in [-0.2, -0.15) is 0 Å². The SMILES string of the molecule is Cc1cc(Cl)ccc1Oc1ncccc1C(=O)CC(=O)O. The molecule has 1 aromatic carbocycles. The molecular formula is C15H12ClNO4. The second-order valence-electron chi connectivity index (χ2n) is 4.36. The molecule has 0 bridgehead atoms. The second-order valence-corrected chi connectivity index (χ2v) is 4.80. The number of ketones is 1. The first-order valence-electron chi connectivity index (χ1n) is 6.11. The Bertz CT molecular complexity index is 700. The van der Waals surface area contributed by atoms with E-state index in [9.17, 15) is 9.59 Å². The number of Topliss-reactive ketones (excluding diaryl/α,β-unsaturated/α-hetero) is 1. The number of aryl methyl sites for hydroxylation is 1. The van der Waals surface area contributed by atoms with Crippen LogP contribution >= 0.6 is 11.6 Å². The standard InChI is InChI=1S/C15H12ClNO4/c1-9-7-10(16)4-5-13(9)21-15-11(3-2-6-17-15)12(18)8-14(19)20/h2-7H,8H2,1H3,(H,19,20). The average molecular weight is 306 g/mol. The number of aliphatic carboxylic acids is 1. The van der Waals surface area contributed by atoms with E-state index >= 15 is 0 Å². The third-order valence-electron chi connectivity index (χ3n) is 2.73. The summed E-state index contributed by atoms with van der Waals surface area (Å²) in [5, 5.41) is 9.28. The van der Waals surface area contributed by atoms with Crippen molar-refractivity contribution >= 4 is 23.4 Å². The number of hydrogen-bond acceptors (Lipinski definition) is 4. The summed E-state index contributed by atoms with van der Waals surface area (Å²) in [4.78, 5) is 26.5. The lowest BCUT2D eigenvalue weighted by atomic mass is 10.1. The number of carboxylic acid groups (broad SMARTS) is 1. The van der Waals surface area contributed by atoms with Crippen molar-refractivity contribution in [1.82, 2.24) is 4.98 Å². The van der Waals surface area contributed by atoms with Gasteiger partial charge >= 0.3 is 5.97 Å². The monoisotopic (exact) mass is 305 g/mol. The highest BCUT2D eigenvalue weighted by atomic mass is 35.5. The highest BCUT2D eigenvalue weighted by molar-refractivity contribution is 6.30. The van der Waals surface area contributed by atoms with E-state index in [1.165, 1.54) is 12.3 Å². The molecular weight excluding hydrogens is 294 g/mol. The summed E-state index contributed by atoms with van der Waals surface area (Å²) in [5.74, 6) is -1.17. The number of halogens is 1. The molecule has 0 aliphatic carbocycles. The van der Waals surface area contributed by atoms with Gasteiger partial charge in [0.05, 0.1) is 5.56 Å². The van der Waals surface area contributed by atoms with E-state index in [2.05, 4.69) is 4.98 Å². The van der Waals surface area contributed by atoms with Crippen LogP contribution in [0.2, 0.25) is 5.02 Å². The molecule has 0 saturated heterocycles. The van der Waals surface area contributed by atoms with Gasteiger partial charge in [-0.05, 0) is 42.8 Å². The number of carbonyl (C=O) groups is 2. The smallest absolute Gasteiger partial charge is 0.311 e. The Kier molecular flexibility index (Phi) is 4.55. The van der Waals surface area contributed by atoms with Gasteiger partial charge < -0.3 is 9.84 Å². The Labute approximate surface area is 126 Å². The molecule has 2 rings (SSSR count). The normalized spacial score (nSPS) is 10.2. The number of carboxylic acids is 1. The Hall–Kier alpha value is -2.40. The van der Waals surface area contributed by atoms with Gasteiger partial charge in [0, 0.05) is 11.2 Å². The van der Waals surface area contributed by atoms with E-state index in [1.54, 1.807) is 24.3 Å². The minimum absolute atomic E-state index is 0.0779. The van der Waals surface area contributed by atoms with Gasteiger partial charge in [-0.1, -0.05) is 11.6 Å². The fraction of sp³-hybridized carbons (Fsp3) is 0.133. The first kappa shape index (κ1) is 15.0. The van der Waals surface area contributed by atoms with E-state index in [1.807, 2.05) is 6.92 Å². The number of nitrogens with zero attached hydrogens (tertiary/aromatic N) is 1. The van der Waals surface area contributed by atoms with Gasteiger partial charge in [-0.15, -0.1) is 0 Å². The van der Waals surface area contributed by atoms with Gasteiger partial charge in [0.15, 0.2) is 5.78 Å². The Morgan fingerprint density at radius 1 is 1.33 bits per heavy atom. The fourth-order valence-corrected chi connectivity index (χ4v) is 1.98. The van der Waals surface area contributed by atoms with Crippen LogP contribution in [0.15, 0.2) is 36.5 Å². The summed E-state index contributed by atoms with van der Waals surface area (Å²) >= 11 is 5.87. The summed E-state index contributed by atoms with van der Waals surface area (Å²) in [6.07, 6.45) is 0.861. The van der Waals surface area contributed by atoms with Gasteiger partial charge in [-0.25, -0.2) is 4.98 Å². The molecule has 1 aromatic heterocycles. The Morgan fingerprint density at radius 3 is 2.76 bits per heavy atom. The third-order valence-corrected chi connectivity index (χ3v) is 2.96. The third kappa shape index (κ3) is 3.79. The lowest BCUT2D eigenvalue weighted by Gasteiger charge is -2.10. The molecule has 0 aliphatic heterocycles. The van der Waals surface area contributed by atoms with Gasteiger partial charge in [-0.3, -0.25) is 9.59 Å². The first-order valence-corrected chi connectivity index (χ1v) is 6.49. The zero-order chi connectivity index (χ0) is 15.4. The fourth-order valence-electron chi connectivity index (χ4n) is 1.75. The maximum Gasteiger partial charge on any atom is 0.311 e. The van der Waals surface area contributed by atoms with Crippen molar-refractivity contribution in [3.63, 3.8) is 0 Å². The van der Waals surface area contributed by atoms with Crippen LogP contribution in [-0.2, 0) is 4.79 Å². The van der Waals surface area contributed by atoms with Crippen LogP contribution in [-0.4, -0.2) is 21.8 Å². The minimum Gasteiger partial charge on any atom is -0.481 e. The van der Waals surface area contributed by atoms with Crippen LogP contribution in [0, 0.1) is 6.92 Å². The van der Waals surface area contributed by atoms with Crippen molar-refractivity contribution in [2.75, 3.05) is 0 Å². The summed E-state index contributed by atoms with van der Waals surface area (Å²) in [7, 11) is 0. The molecule has 0 spiro atoms. The number of benzene rings is 1. The zero-order valence-corrected chi connectivity index (χ0v) is 11.9. The largest absolute Gasteiger partial charge is 0.481 e. The second kappa shape index (κ2) is 6.37. The maximum atomic E-state index is 11.9. The Morgan fingerprint density at radius 2 is 2.10 bits per heavy atom. The lowest BCUT2D eigenvalue weighted by molar-refractivity contribution is -0.135. The molecule has 6 heteroatoms. The molecule has 5 nitrogen and oxygen atoms in total. The molecule has 0 fully saturated rings. The molecule has 2 aromatic rings. The van der Waals surface area contributed by atoms with Crippen LogP contribution in [0.4, 0.5) is 0 Å². The molecule has 108 valence electrons. The molecule has 0 aliphatic rings. The molecule has 1 heterocycles. The van der Waals surface area contributed by atoms with Crippen molar-refractivity contribution in [2.24, 2.45) is 0 Å². The lowest BCUT2D eigenvalue weighted by Crippen LogP contribution is -2.09. The molecule has 0 radical (unpaired) electrons. The van der Waals surface area contributed by atoms with Crippen LogP contribution in [0.1, 0.15) is 22.3 Å². The molecule has 0 saturated carbocycles. The van der Waals surface area contributed by atoms with Crippen molar-refractivity contribution in [1.29, 1.82) is 0 Å². The van der Waals surface area contributed by atoms with E-state index in [4.69, 9.17) is 21.4 Å². The molecule has 0 unspecified atom stereocenters. The van der Waals surface area contributed by atoms with Gasteiger partial charge in [0.2, 0.25) is 5.88 Å². The number of ether oxygens (including phenoxy) is 1. The maximum absolute atomic E-state index is 11.9. The summed E-state index contributed by atoms with van der Waals surface area (Å²) in [6.45, 7) is 1.81. The van der Waals surface area contributed by atoms with Gasteiger partial charge in [0.25, 0.3) is 0 Å². The minimum atomic E-state index is -1.20. The van der Waals surface area contributed by atoms with E-state index < -0.39 is 18.2 Å². The number of hydrogen-bond donors (Lipinski definition) is 1. The van der Waals surface area contributed by atoms with E-state index in [0.717, 1.165) is 5.56 Å². The van der Waals surface area contributed by atoms with Crippen LogP contribution < -0.4 is 4.74 Å². The van der Waals surface area contributed by atoms with E-state index in [0.29, 0.717) is 10.8 Å². The van der Waals surface area contributed by atoms with Gasteiger partial charge in [0.1, 0.15) is 12.2 Å². The number of pyridine rings is 1. The van der Waals surface area contributed by atoms with Crippen molar-refractivity contribution in [3.8, 4) is 11.6 Å². The van der Waals surface area contributed by atoms with Crippen molar-refractivity contribution in [2.45, 2.75) is 13.3 Å². The highest BCUT2D eigenvalue weighted by Crippen LogP contribution is 2.28. The molecule has 0 amide bonds. The van der Waals surface area contributed by atoms with Crippen LogP contribution in [0.5, 0.6) is 11.6 Å². The van der Waals surface area contributed by atoms with Crippen molar-refractivity contribution < 1.29 is 19.4 Å². The molecule has 0 atom stereocenters. The van der Waals surface area contributed by atoms with Crippen molar-refractivity contribution in [3.05, 3.63) is 52.7 Å². The quantitative estimate of drug-likeness (QED) is 0.676. The average Bonchev–Trinajstić information content (AvgIpc) is 2.41. The predicted octanol–water partition coefficient (Wildman–Crippen LogP) is 3.49. The number of aromatic nitrogens is 1. The molecule has 1 N–H and O–H groups in total. The Balaban J connectivity index is 2.32. The number of rotatable bonds is 5.